The number of halogens is 5. The van der Waals surface area contributed by atoms with Gasteiger partial charge in [0, 0.05) is 4.47 Å². The maximum absolute atomic E-state index is 12.5. The van der Waals surface area contributed by atoms with Crippen LogP contribution in [-0.4, -0.2) is 0 Å². The van der Waals surface area contributed by atoms with E-state index in [2.05, 4.69) is 61.8 Å². The third kappa shape index (κ3) is 7.79. The number of benzene rings is 2. The lowest BCUT2D eigenvalue weighted by atomic mass is 9.86. The smallest absolute Gasteiger partial charge is 0.166 e. The van der Waals surface area contributed by atoms with E-state index in [0.29, 0.717) is 5.56 Å². The first-order valence-corrected chi connectivity index (χ1v) is 9.84. The van der Waals surface area contributed by atoms with Crippen molar-refractivity contribution in [3.8, 4) is 0 Å². The summed E-state index contributed by atoms with van der Waals surface area (Å²) in [5.41, 5.74) is 2.50. The molecule has 158 valence electrons. The van der Waals surface area contributed by atoms with Crippen molar-refractivity contribution in [1.82, 2.24) is 0 Å². The monoisotopic (exact) mass is 478 g/mol. The molecule has 0 saturated carbocycles. The Hall–Kier alpha value is -1.00. The summed E-state index contributed by atoms with van der Waals surface area (Å²) in [6.07, 6.45) is -4.39. The predicted molar refractivity (Wildman–Crippen MR) is 119 cm³/mol. The molecule has 28 heavy (non-hydrogen) atoms. The van der Waals surface area contributed by atoms with Gasteiger partial charge >= 0.3 is 6.18 Å². The molecule has 0 bridgehead atoms. The van der Waals surface area contributed by atoms with Crippen molar-refractivity contribution < 1.29 is 13.2 Å². The van der Waals surface area contributed by atoms with E-state index in [-0.39, 0.29) is 23.3 Å². The maximum atomic E-state index is 12.5. The molecule has 5 heteroatoms. The van der Waals surface area contributed by atoms with E-state index in [0.717, 1.165) is 6.07 Å². The van der Waals surface area contributed by atoms with E-state index in [1.807, 2.05) is 20.8 Å². The highest BCUT2D eigenvalue weighted by atomic mass is 79.9. The molecule has 0 unspecified atom stereocenters. The molecule has 0 N–H and O–H groups in total. The molecule has 0 aliphatic carbocycles. The third-order valence-electron chi connectivity index (χ3n) is 4.16. The molecular weight excluding hydrogens is 449 g/mol. The fourth-order valence-corrected chi connectivity index (χ4v) is 2.79. The molecule has 0 spiro atoms. The summed E-state index contributed by atoms with van der Waals surface area (Å²) in [5, 5.41) is -0.254. The van der Waals surface area contributed by atoms with Gasteiger partial charge in [-0.25, -0.2) is 0 Å². The van der Waals surface area contributed by atoms with Gasteiger partial charge in [0.25, 0.3) is 0 Å². The van der Waals surface area contributed by atoms with Crippen molar-refractivity contribution in [2.75, 3.05) is 0 Å². The van der Waals surface area contributed by atoms with Gasteiger partial charge in [0.2, 0.25) is 0 Å². The van der Waals surface area contributed by atoms with Crippen LogP contribution in [0.2, 0.25) is 5.02 Å². The van der Waals surface area contributed by atoms with Crippen molar-refractivity contribution in [2.24, 2.45) is 0 Å². The predicted octanol–water partition coefficient (Wildman–Crippen LogP) is 9.35. The molecule has 0 saturated heterocycles. The van der Waals surface area contributed by atoms with Crippen molar-refractivity contribution in [2.45, 2.75) is 72.9 Å². The van der Waals surface area contributed by atoms with Gasteiger partial charge in [-0.15, -0.1) is 0 Å². The fraction of sp³-hybridized carbons (Fsp3) is 0.478. The lowest BCUT2D eigenvalue weighted by molar-refractivity contribution is -0.137. The number of hydrogen-bond acceptors (Lipinski definition) is 0. The molecule has 2 aromatic rings. The Morgan fingerprint density at radius 3 is 1.61 bits per heavy atom. The quantitative estimate of drug-likeness (QED) is 0.353. The second kappa shape index (κ2) is 9.67. The molecule has 0 heterocycles. The first-order valence-electron chi connectivity index (χ1n) is 8.67. The molecule has 0 amide bonds. The standard InChI is InChI=1S/C11H15Br.C11H12ClF3.CH4/c1-8-7-9(11(2,3)4)5-6-10(8)12;1-10(2,3)7-4-5-9(12)8(6-7)11(13,14)15;/h5-7H,1-4H3;4-6H,1-3H3;1H4. The lowest BCUT2D eigenvalue weighted by Gasteiger charge is -2.21. The summed E-state index contributed by atoms with van der Waals surface area (Å²) < 4.78 is 38.8. The van der Waals surface area contributed by atoms with Crippen LogP contribution in [-0.2, 0) is 17.0 Å². The summed E-state index contributed by atoms with van der Waals surface area (Å²) in [7, 11) is 0. The van der Waals surface area contributed by atoms with Crippen LogP contribution in [0.5, 0.6) is 0 Å². The zero-order valence-corrected chi connectivity index (χ0v) is 19.2. The Kier molecular flexibility index (Phi) is 9.32. The molecule has 0 aliphatic heterocycles. The van der Waals surface area contributed by atoms with Crippen LogP contribution in [0.3, 0.4) is 0 Å². The van der Waals surface area contributed by atoms with Crippen molar-refractivity contribution in [1.29, 1.82) is 0 Å². The lowest BCUT2D eigenvalue weighted by Crippen LogP contribution is -2.14. The molecule has 0 nitrogen and oxygen atoms in total. The van der Waals surface area contributed by atoms with Crippen molar-refractivity contribution >= 4 is 27.5 Å². The molecule has 0 aliphatic rings. The Labute approximate surface area is 181 Å². The van der Waals surface area contributed by atoms with E-state index in [4.69, 9.17) is 11.6 Å². The Balaban J connectivity index is 0.000000514. The summed E-state index contributed by atoms with van der Waals surface area (Å²) >= 11 is 9.01. The number of alkyl halides is 3. The molecular formula is C23H31BrClF3. The topological polar surface area (TPSA) is 0 Å². The van der Waals surface area contributed by atoms with Crippen LogP contribution in [0, 0.1) is 6.92 Å². The zero-order chi connectivity index (χ0) is 21.2. The van der Waals surface area contributed by atoms with Gasteiger partial charge in [-0.05, 0) is 52.6 Å². The van der Waals surface area contributed by atoms with E-state index >= 15 is 0 Å². The van der Waals surface area contributed by atoms with Crippen LogP contribution < -0.4 is 0 Å². The van der Waals surface area contributed by atoms with Crippen LogP contribution in [0.1, 0.15) is 71.2 Å². The largest absolute Gasteiger partial charge is 0.417 e. The highest BCUT2D eigenvalue weighted by molar-refractivity contribution is 9.10. The molecule has 0 fully saturated rings. The van der Waals surface area contributed by atoms with Gasteiger partial charge in [0.15, 0.2) is 0 Å². The van der Waals surface area contributed by atoms with Crippen molar-refractivity contribution in [3.63, 3.8) is 0 Å². The van der Waals surface area contributed by atoms with Gasteiger partial charge in [-0.3, -0.25) is 0 Å². The minimum atomic E-state index is -4.39. The Morgan fingerprint density at radius 1 is 0.786 bits per heavy atom. The highest BCUT2D eigenvalue weighted by Crippen LogP contribution is 2.37. The average molecular weight is 480 g/mol. The Morgan fingerprint density at radius 2 is 1.21 bits per heavy atom. The van der Waals surface area contributed by atoms with Gasteiger partial charge in [0.1, 0.15) is 0 Å². The van der Waals surface area contributed by atoms with Crippen LogP contribution in [0.25, 0.3) is 0 Å². The van der Waals surface area contributed by atoms with Gasteiger partial charge < -0.3 is 0 Å². The zero-order valence-electron chi connectivity index (χ0n) is 16.9. The minimum Gasteiger partial charge on any atom is -0.166 e. The highest BCUT2D eigenvalue weighted by Gasteiger charge is 2.34. The van der Waals surface area contributed by atoms with Gasteiger partial charge in [-0.1, -0.05) is 94.7 Å². The van der Waals surface area contributed by atoms with E-state index in [9.17, 15) is 13.2 Å². The van der Waals surface area contributed by atoms with E-state index in [1.165, 1.54) is 21.7 Å². The van der Waals surface area contributed by atoms with Gasteiger partial charge in [-0.2, -0.15) is 13.2 Å². The summed E-state index contributed by atoms with van der Waals surface area (Å²) in [4.78, 5) is 0. The fourth-order valence-electron chi connectivity index (χ4n) is 2.32. The number of rotatable bonds is 0. The third-order valence-corrected chi connectivity index (χ3v) is 5.38. The van der Waals surface area contributed by atoms with E-state index in [1.54, 1.807) is 6.07 Å². The summed E-state index contributed by atoms with van der Waals surface area (Å²) in [6, 6.07) is 10.6. The number of hydrogen-bond donors (Lipinski definition) is 0. The second-order valence-electron chi connectivity index (χ2n) is 8.66. The van der Waals surface area contributed by atoms with Crippen LogP contribution >= 0.6 is 27.5 Å². The number of aryl methyl sites for hydroxylation is 1. The van der Waals surface area contributed by atoms with Crippen molar-refractivity contribution in [3.05, 3.63) is 68.1 Å². The Bertz CT molecular complexity index is 782. The maximum Gasteiger partial charge on any atom is 0.417 e. The average Bonchev–Trinajstić information content (AvgIpc) is 2.47. The molecule has 0 aromatic heterocycles. The summed E-state index contributed by atoms with van der Waals surface area (Å²) in [5.74, 6) is 0. The molecule has 0 atom stereocenters. The molecule has 2 rings (SSSR count). The van der Waals surface area contributed by atoms with Crippen LogP contribution in [0.15, 0.2) is 40.9 Å². The van der Waals surface area contributed by atoms with E-state index < -0.39 is 11.7 Å². The first-order chi connectivity index (χ1) is 12.0. The van der Waals surface area contributed by atoms with Crippen LogP contribution in [0.4, 0.5) is 13.2 Å². The SMILES string of the molecule is C.CC(C)(C)c1ccc(Cl)c(C(F)(F)F)c1.Cc1cc(C(C)(C)C)ccc1Br. The molecule has 0 radical (unpaired) electrons. The van der Waals surface area contributed by atoms with Gasteiger partial charge in [0.05, 0.1) is 10.6 Å². The second-order valence-corrected chi connectivity index (χ2v) is 9.92. The first kappa shape index (κ1) is 27.0. The normalized spacial score (nSPS) is 12.0. The summed E-state index contributed by atoms with van der Waals surface area (Å²) in [6.45, 7) is 14.4. The minimum absolute atomic E-state index is 0. The molecule has 2 aromatic carbocycles.